The van der Waals surface area contributed by atoms with Crippen molar-refractivity contribution < 1.29 is 19.1 Å². The molecule has 10 heteroatoms. The molecular formula is C12H16Cl4N2O4. The average Bonchev–Trinajstić information content (AvgIpc) is 2.48. The summed E-state index contributed by atoms with van der Waals surface area (Å²) in [6, 6.07) is 0. The second-order valence-corrected chi connectivity index (χ2v) is 5.18. The molecule has 22 heavy (non-hydrogen) atoms. The third kappa shape index (κ3) is 12.9. The second kappa shape index (κ2) is 13.8. The number of amides is 2. The Bertz CT molecular complexity index is 378. The molecule has 0 heterocycles. The molecule has 0 fully saturated rings. The van der Waals surface area contributed by atoms with E-state index in [1.54, 1.807) is 12.2 Å². The summed E-state index contributed by atoms with van der Waals surface area (Å²) in [5.41, 5.74) is 0. The normalized spacial score (nSPS) is 11.8. The Morgan fingerprint density at radius 2 is 1.18 bits per heavy atom. The summed E-state index contributed by atoms with van der Waals surface area (Å²) in [6.45, 7) is 0.0302. The zero-order chi connectivity index (χ0) is 16.8. The van der Waals surface area contributed by atoms with Crippen LogP contribution in [0.3, 0.4) is 0 Å². The molecule has 0 spiro atoms. The Morgan fingerprint density at radius 3 is 1.50 bits per heavy atom. The number of rotatable bonds is 9. The van der Waals surface area contributed by atoms with Crippen molar-refractivity contribution >= 4 is 58.6 Å². The summed E-state index contributed by atoms with van der Waals surface area (Å²) in [5, 5.41) is 5.58. The molecule has 0 aromatic heterocycles. The van der Waals surface area contributed by atoms with E-state index in [-0.39, 0.29) is 38.1 Å². The maximum Gasteiger partial charge on any atom is 0.407 e. The van der Waals surface area contributed by atoms with Gasteiger partial charge in [-0.1, -0.05) is 35.4 Å². The smallest absolute Gasteiger partial charge is 0.407 e. The predicted octanol–water partition coefficient (Wildman–Crippen LogP) is 3.16. The molecule has 0 unspecified atom stereocenters. The van der Waals surface area contributed by atoms with Gasteiger partial charge < -0.3 is 20.1 Å². The lowest BCUT2D eigenvalue weighted by atomic mass is 10.5. The lowest BCUT2D eigenvalue weighted by Crippen LogP contribution is -2.29. The van der Waals surface area contributed by atoms with Crippen LogP contribution in [-0.4, -0.2) is 50.2 Å². The van der Waals surface area contributed by atoms with Gasteiger partial charge in [0, 0.05) is 21.8 Å². The fourth-order valence-corrected chi connectivity index (χ4v) is 1.81. The average molecular weight is 394 g/mol. The summed E-state index contributed by atoms with van der Waals surface area (Å²) in [7, 11) is 0. The fourth-order valence-electron chi connectivity index (χ4n) is 0.996. The topological polar surface area (TPSA) is 76.7 Å². The first-order valence-corrected chi connectivity index (χ1v) is 7.94. The first-order valence-electron chi connectivity index (χ1n) is 6.11. The quantitative estimate of drug-likeness (QED) is 0.466. The minimum atomic E-state index is -0.682. The van der Waals surface area contributed by atoms with Gasteiger partial charge in [-0.05, 0) is 0 Å². The highest BCUT2D eigenvalue weighted by Gasteiger charge is 2.05. The van der Waals surface area contributed by atoms with E-state index in [1.165, 1.54) is 0 Å². The van der Waals surface area contributed by atoms with Crippen molar-refractivity contribution in [1.82, 2.24) is 10.6 Å². The molecule has 0 aliphatic carbocycles. The lowest BCUT2D eigenvalue weighted by molar-refractivity contribution is 0.0966. The van der Waals surface area contributed by atoms with E-state index in [1.807, 2.05) is 0 Å². The monoisotopic (exact) mass is 392 g/mol. The van der Waals surface area contributed by atoms with Crippen molar-refractivity contribution in [2.75, 3.05) is 38.1 Å². The van der Waals surface area contributed by atoms with Crippen molar-refractivity contribution in [2.24, 2.45) is 0 Å². The van der Waals surface area contributed by atoms with Crippen LogP contribution in [0.2, 0.25) is 0 Å². The number of hydrogen-bond acceptors (Lipinski definition) is 4. The summed E-state index contributed by atoms with van der Waals surface area (Å²) in [6.07, 6.45) is 1.72. The van der Waals surface area contributed by atoms with Gasteiger partial charge in [0.25, 0.3) is 0 Å². The van der Waals surface area contributed by atoms with Crippen LogP contribution in [0.1, 0.15) is 0 Å². The summed E-state index contributed by atoms with van der Waals surface area (Å²) in [4.78, 5) is 22.5. The largest absolute Gasteiger partial charge is 0.446 e. The number of halogens is 4. The number of allylic oxidation sites excluding steroid dienone is 2. The van der Waals surface area contributed by atoms with Crippen LogP contribution in [0.25, 0.3) is 0 Å². The first kappa shape index (κ1) is 21.2. The fraction of sp³-hybridized carbons (Fsp3) is 0.500. The number of ether oxygens (including phenoxy) is 2. The van der Waals surface area contributed by atoms with Crippen LogP contribution < -0.4 is 10.6 Å². The minimum Gasteiger partial charge on any atom is -0.446 e. The van der Waals surface area contributed by atoms with Gasteiger partial charge >= 0.3 is 12.2 Å². The van der Waals surface area contributed by atoms with E-state index < -0.39 is 12.2 Å². The lowest BCUT2D eigenvalue weighted by Gasteiger charge is -2.08. The molecule has 0 aliphatic heterocycles. The molecule has 2 N–H and O–H groups in total. The van der Waals surface area contributed by atoms with E-state index in [0.717, 1.165) is 0 Å². The summed E-state index contributed by atoms with van der Waals surface area (Å²) in [5.74, 6) is 0.505. The predicted molar refractivity (Wildman–Crippen MR) is 88.0 cm³/mol. The molecule has 0 saturated heterocycles. The van der Waals surface area contributed by atoms with E-state index in [0.29, 0.717) is 10.1 Å². The molecule has 126 valence electrons. The molecule has 2 amide bonds. The number of alkyl halides is 2. The van der Waals surface area contributed by atoms with E-state index in [9.17, 15) is 9.59 Å². The minimum absolute atomic E-state index is 0.0959. The summed E-state index contributed by atoms with van der Waals surface area (Å²) < 4.78 is 9.51. The highest BCUT2D eigenvalue weighted by molar-refractivity contribution is 6.31. The number of alkyl carbamates (subject to hydrolysis) is 2. The Morgan fingerprint density at radius 1 is 0.818 bits per heavy atom. The van der Waals surface area contributed by atoms with Crippen LogP contribution in [0.15, 0.2) is 22.2 Å². The van der Waals surface area contributed by atoms with Crippen molar-refractivity contribution in [3.63, 3.8) is 0 Å². The van der Waals surface area contributed by atoms with E-state index in [2.05, 4.69) is 10.6 Å². The van der Waals surface area contributed by atoms with Gasteiger partial charge in [-0.2, -0.15) is 0 Å². The second-order valence-electron chi connectivity index (χ2n) is 3.59. The first-order chi connectivity index (χ1) is 10.5. The van der Waals surface area contributed by atoms with Crippen molar-refractivity contribution in [2.45, 2.75) is 0 Å². The molecular weight excluding hydrogens is 378 g/mol. The highest BCUT2D eigenvalue weighted by atomic mass is 35.5. The molecule has 0 radical (unpaired) electrons. The zero-order valence-corrected chi connectivity index (χ0v) is 14.6. The summed E-state index contributed by atoms with van der Waals surface area (Å²) >= 11 is 22.3. The van der Waals surface area contributed by atoms with Gasteiger partial charge in [0.2, 0.25) is 0 Å². The van der Waals surface area contributed by atoms with Gasteiger partial charge in [0.1, 0.15) is 13.2 Å². The van der Waals surface area contributed by atoms with Crippen molar-refractivity contribution in [3.8, 4) is 0 Å². The van der Waals surface area contributed by atoms with Crippen molar-refractivity contribution in [3.05, 3.63) is 22.2 Å². The SMILES string of the molecule is O=C(NCC(Cl)=CCCl)OCCOC(=O)NCC(Cl)=CCCl. The van der Waals surface area contributed by atoms with Gasteiger partial charge in [0.15, 0.2) is 0 Å². The number of carbonyl (C=O) groups is 2. The van der Waals surface area contributed by atoms with Crippen LogP contribution >= 0.6 is 46.4 Å². The molecule has 0 aromatic carbocycles. The zero-order valence-electron chi connectivity index (χ0n) is 11.5. The van der Waals surface area contributed by atoms with E-state index in [4.69, 9.17) is 55.9 Å². The van der Waals surface area contributed by atoms with Crippen LogP contribution in [-0.2, 0) is 9.47 Å². The van der Waals surface area contributed by atoms with Crippen LogP contribution in [0.4, 0.5) is 9.59 Å². The van der Waals surface area contributed by atoms with Gasteiger partial charge in [-0.25, -0.2) is 9.59 Å². The van der Waals surface area contributed by atoms with Crippen LogP contribution in [0, 0.1) is 0 Å². The number of carbonyl (C=O) groups excluding carboxylic acids is 2. The van der Waals surface area contributed by atoms with Gasteiger partial charge in [0.05, 0.1) is 13.1 Å². The third-order valence-electron chi connectivity index (χ3n) is 1.95. The Hall–Kier alpha value is -0.820. The van der Waals surface area contributed by atoms with Gasteiger partial charge in [-0.15, -0.1) is 23.2 Å². The third-order valence-corrected chi connectivity index (χ3v) is 2.83. The molecule has 0 aliphatic rings. The maximum absolute atomic E-state index is 11.2. The van der Waals surface area contributed by atoms with Gasteiger partial charge in [-0.3, -0.25) is 0 Å². The van der Waals surface area contributed by atoms with Crippen LogP contribution in [0.5, 0.6) is 0 Å². The number of hydrogen-bond donors (Lipinski definition) is 2. The Kier molecular flexibility index (Phi) is 13.3. The molecule has 0 atom stereocenters. The standard InChI is InChI=1S/C12H16Cl4N2O4/c13-3-1-9(15)7-17-11(19)21-5-6-22-12(20)18-8-10(16)2-4-14/h1-2H,3-8H2,(H,17,19)(H,18,20). The molecule has 0 bridgehead atoms. The molecule has 0 aromatic rings. The Balaban J connectivity index is 3.67. The molecule has 6 nitrogen and oxygen atoms in total. The maximum atomic E-state index is 11.2. The molecule has 0 saturated carbocycles. The highest BCUT2D eigenvalue weighted by Crippen LogP contribution is 2.00. The van der Waals surface area contributed by atoms with E-state index >= 15 is 0 Å². The molecule has 0 rings (SSSR count). The number of nitrogens with one attached hydrogen (secondary N) is 2. The van der Waals surface area contributed by atoms with Crippen molar-refractivity contribution in [1.29, 1.82) is 0 Å². The Labute approximate surface area is 148 Å².